The summed E-state index contributed by atoms with van der Waals surface area (Å²) in [5.74, 6) is 10.1. The molecule has 12 unspecified atom stereocenters. The highest BCUT2D eigenvalue weighted by Gasteiger charge is 2.64. The summed E-state index contributed by atoms with van der Waals surface area (Å²) < 4.78 is 6.22. The molecule has 394 valence electrons. The van der Waals surface area contributed by atoms with Crippen LogP contribution in [0.15, 0.2) is 125 Å². The highest BCUT2D eigenvalue weighted by molar-refractivity contribution is 6.01. The molecule has 2 saturated carbocycles. The van der Waals surface area contributed by atoms with Gasteiger partial charge < -0.3 is 41.3 Å². The normalized spacial score (nSPS) is 32.9. The number of amides is 1. The first kappa shape index (κ1) is 53.9. The van der Waals surface area contributed by atoms with Gasteiger partial charge in [0.25, 0.3) is 0 Å². The van der Waals surface area contributed by atoms with Gasteiger partial charge in [-0.15, -0.1) is 5.92 Å². The Labute approximate surface area is 443 Å². The van der Waals surface area contributed by atoms with Crippen LogP contribution in [0.3, 0.4) is 0 Å². The number of phenols is 1. The number of ether oxygens (including phenoxy) is 1. The number of hydrogen-bond donors (Lipinski definition) is 8. The molecular weight excluding hydrogens is 939 g/mol. The van der Waals surface area contributed by atoms with Crippen molar-refractivity contribution in [3.05, 3.63) is 159 Å². The van der Waals surface area contributed by atoms with Crippen molar-refractivity contribution < 1.29 is 39.9 Å². The third kappa shape index (κ3) is 11.5. The van der Waals surface area contributed by atoms with Crippen LogP contribution in [0.5, 0.6) is 5.75 Å². The molecule has 0 radical (unpaired) electrons. The minimum Gasteiger partial charge on any atom is -0.508 e. The molecule has 9 rings (SSSR count). The van der Waals surface area contributed by atoms with E-state index >= 15 is 4.79 Å². The number of β-amino-alcohol motifs (C(OH)–C–C–N with tert-alkyl or cyclic N) is 1. The fraction of sp³-hybridized carbons (Fsp3) is 0.469. The zero-order chi connectivity index (χ0) is 53.0. The SMILES string of the molecule is C=C1C=CC=C(C2CCC3(C4CC5C#CCC(C(=O)C(C)=C4CCC3(C)O)c3cccc4c3C(NCC(O)C(Cc3ccc(O)cc3)Cc3cccc(c3)CC5O)C(=O)NC4N)C2O)COCC#CCC(C)=CCC1. The fourth-order valence-corrected chi connectivity index (χ4v) is 13.4. The summed E-state index contributed by atoms with van der Waals surface area (Å²) in [6.07, 6.45) is 10.0. The Morgan fingerprint density at radius 3 is 2.48 bits per heavy atom. The summed E-state index contributed by atoms with van der Waals surface area (Å²) in [5, 5.41) is 67.5. The Balaban J connectivity index is 1.16. The van der Waals surface area contributed by atoms with Gasteiger partial charge in [-0.25, -0.2) is 0 Å². The molecule has 0 aromatic heterocycles. The lowest BCUT2D eigenvalue weighted by Gasteiger charge is -2.56. The van der Waals surface area contributed by atoms with Crippen molar-refractivity contribution in [3.8, 4) is 29.4 Å². The Bertz CT molecular complexity index is 2910. The van der Waals surface area contributed by atoms with Crippen molar-refractivity contribution in [2.75, 3.05) is 19.8 Å². The minimum atomic E-state index is -1.38. The molecule has 3 aromatic carbocycles. The topological polar surface area (TPSA) is 195 Å². The van der Waals surface area contributed by atoms with Gasteiger partial charge in [-0.05, 0) is 153 Å². The number of aliphatic hydroxyl groups is 4. The van der Waals surface area contributed by atoms with Crippen LogP contribution in [-0.4, -0.2) is 80.9 Å². The quantitative estimate of drug-likeness (QED) is 0.0942. The first-order valence-electron chi connectivity index (χ1n) is 27.0. The highest BCUT2D eigenvalue weighted by atomic mass is 16.5. The maximum absolute atomic E-state index is 15.7. The number of phenolic OH excluding ortho intramolecular Hbond substituents is 1. The van der Waals surface area contributed by atoms with E-state index in [9.17, 15) is 30.3 Å². The average Bonchev–Trinajstić information content (AvgIpc) is 3.74. The number of fused-ring (bicyclic) bond motifs is 8. The van der Waals surface area contributed by atoms with Gasteiger partial charge >= 0.3 is 0 Å². The number of nitrogens with two attached hydrogens (primary N) is 1. The van der Waals surface area contributed by atoms with Crippen molar-refractivity contribution in [2.24, 2.45) is 34.8 Å². The molecule has 2 fully saturated rings. The predicted molar refractivity (Wildman–Crippen MR) is 291 cm³/mol. The lowest BCUT2D eigenvalue weighted by molar-refractivity contribution is -0.170. The van der Waals surface area contributed by atoms with Gasteiger partial charge in [0, 0.05) is 36.6 Å². The number of carbonyl (C=O) groups excluding carboxylic acids is 2. The number of benzene rings is 3. The van der Waals surface area contributed by atoms with E-state index in [1.165, 1.54) is 5.57 Å². The van der Waals surface area contributed by atoms with Crippen LogP contribution in [0.4, 0.5) is 0 Å². The van der Waals surface area contributed by atoms with Crippen LogP contribution >= 0.6 is 0 Å². The van der Waals surface area contributed by atoms with E-state index < -0.39 is 65.2 Å². The summed E-state index contributed by atoms with van der Waals surface area (Å²) in [7, 11) is 0. The minimum absolute atomic E-state index is 0.0403. The molecule has 3 aliphatic carbocycles. The number of rotatable bonds is 3. The molecule has 4 bridgehead atoms. The number of hydrogen-bond acceptors (Lipinski definition) is 10. The maximum atomic E-state index is 15.7. The zero-order valence-electron chi connectivity index (χ0n) is 43.8. The molecule has 75 heavy (non-hydrogen) atoms. The van der Waals surface area contributed by atoms with Crippen molar-refractivity contribution in [3.63, 3.8) is 0 Å². The molecule has 11 nitrogen and oxygen atoms in total. The standard InChI is InChI=1S/C64H75N3O8/c1-39-12-5-6-31-75-38-46(19-8-15-40(2)14-7-13-39)50-28-30-64(60(50)72)54-36-45-18-10-21-52(59(71)41(3)49(54)27-29-63(64,4)74)51-20-11-22-53-57(51)58(62(73)67-61(53)65)66-37-56(70)47(33-42-23-25-48(68)26-24-42)34-43-16-9-17-44(32-43)35-55(45)69/h8-9,11,13,15-17,19-20,22-26,32,45,47,50,52,54-56,58,60-61,66,68-70,72,74H,2,7,12,14,21,27-31,33-38,65H2,1,3-4H3,(H,67,73). The van der Waals surface area contributed by atoms with Crippen LogP contribution in [-0.2, 0) is 33.6 Å². The smallest absolute Gasteiger partial charge is 0.243 e. The molecule has 6 aliphatic rings. The van der Waals surface area contributed by atoms with Gasteiger partial charge in [0.15, 0.2) is 5.78 Å². The maximum Gasteiger partial charge on any atom is 0.243 e. The predicted octanol–water partition coefficient (Wildman–Crippen LogP) is 7.98. The molecular formula is C64H75N3O8. The molecule has 1 spiro atoms. The third-order valence-corrected chi connectivity index (χ3v) is 17.6. The number of allylic oxidation sites excluding steroid dienone is 8. The van der Waals surface area contributed by atoms with E-state index in [1.807, 2.05) is 80.6 Å². The van der Waals surface area contributed by atoms with Crippen LogP contribution in [0.2, 0.25) is 0 Å². The van der Waals surface area contributed by atoms with Gasteiger partial charge in [-0.1, -0.05) is 120 Å². The van der Waals surface area contributed by atoms with Crippen molar-refractivity contribution in [2.45, 2.75) is 140 Å². The second-order valence-electron chi connectivity index (χ2n) is 22.4. The van der Waals surface area contributed by atoms with Gasteiger partial charge in [-0.2, -0.15) is 0 Å². The lowest BCUT2D eigenvalue weighted by atomic mass is 9.51. The number of nitrogens with one attached hydrogen (secondary N) is 2. The summed E-state index contributed by atoms with van der Waals surface area (Å²) in [6.45, 7) is 10.6. The van der Waals surface area contributed by atoms with Gasteiger partial charge in [0.1, 0.15) is 24.6 Å². The highest BCUT2D eigenvalue weighted by Crippen LogP contribution is 2.63. The molecule has 1 amide bonds. The lowest BCUT2D eigenvalue weighted by Crippen LogP contribution is -2.60. The zero-order valence-corrected chi connectivity index (χ0v) is 43.8. The summed E-state index contributed by atoms with van der Waals surface area (Å²) >= 11 is 0. The average molecular weight is 1010 g/mol. The first-order valence-corrected chi connectivity index (χ1v) is 27.0. The third-order valence-electron chi connectivity index (χ3n) is 17.6. The van der Waals surface area contributed by atoms with Crippen LogP contribution < -0.4 is 16.4 Å². The summed E-state index contributed by atoms with van der Waals surface area (Å²) in [6, 6.07) is 19.6. The number of aromatic hydroxyl groups is 1. The van der Waals surface area contributed by atoms with E-state index in [4.69, 9.17) is 10.5 Å². The van der Waals surface area contributed by atoms with Crippen LogP contribution in [0.1, 0.15) is 130 Å². The van der Waals surface area contributed by atoms with E-state index in [-0.39, 0.29) is 56.0 Å². The second kappa shape index (κ2) is 23.2. The monoisotopic (exact) mass is 1010 g/mol. The Hall–Kier alpha value is -5.86. The molecule has 0 saturated heterocycles. The largest absolute Gasteiger partial charge is 0.508 e. The van der Waals surface area contributed by atoms with Crippen LogP contribution in [0.25, 0.3) is 0 Å². The first-order chi connectivity index (χ1) is 36.0. The van der Waals surface area contributed by atoms with Crippen molar-refractivity contribution >= 4 is 11.7 Å². The Morgan fingerprint density at radius 2 is 1.68 bits per heavy atom. The van der Waals surface area contributed by atoms with Gasteiger partial charge in [-0.3, -0.25) is 14.9 Å². The van der Waals surface area contributed by atoms with E-state index in [0.29, 0.717) is 73.6 Å². The molecule has 9 N–H and O–H groups in total. The van der Waals surface area contributed by atoms with E-state index in [2.05, 4.69) is 60.0 Å². The summed E-state index contributed by atoms with van der Waals surface area (Å²) in [5.41, 5.74) is 13.2. The number of Topliss-reactive ketones (excluding diaryl/α,β-unsaturated/α-hetero) is 1. The van der Waals surface area contributed by atoms with E-state index in [0.717, 1.165) is 46.3 Å². The number of carbonyl (C=O) groups is 2. The number of aliphatic hydroxyl groups excluding tert-OH is 3. The van der Waals surface area contributed by atoms with Crippen LogP contribution in [0, 0.1) is 52.8 Å². The molecule has 3 aromatic rings. The van der Waals surface area contributed by atoms with Crippen molar-refractivity contribution in [1.29, 1.82) is 0 Å². The molecule has 11 heteroatoms. The molecule has 12 atom stereocenters. The Kier molecular flexibility index (Phi) is 16.7. The fourth-order valence-electron chi connectivity index (χ4n) is 13.4. The van der Waals surface area contributed by atoms with Gasteiger partial charge in [0.2, 0.25) is 5.91 Å². The summed E-state index contributed by atoms with van der Waals surface area (Å²) in [4.78, 5) is 29.9. The second-order valence-corrected chi connectivity index (χ2v) is 22.4. The molecule has 3 aliphatic heterocycles. The van der Waals surface area contributed by atoms with Gasteiger partial charge in [0.05, 0.1) is 36.4 Å². The molecule has 3 heterocycles. The number of ketones is 1. The van der Waals surface area contributed by atoms with E-state index in [1.54, 1.807) is 12.1 Å². The Morgan fingerprint density at radius 1 is 0.920 bits per heavy atom. The van der Waals surface area contributed by atoms with Crippen molar-refractivity contribution in [1.82, 2.24) is 10.6 Å².